The molecule has 0 spiro atoms. The Morgan fingerprint density at radius 1 is 0.410 bits per heavy atom. The molecule has 3 aromatic carbocycles. The smallest absolute Gasteiger partial charge is 0.204 e. The van der Waals surface area contributed by atoms with Crippen LogP contribution in [0.1, 0.15) is 364 Å². The maximum atomic E-state index is 15.5. The zero-order chi connectivity index (χ0) is 82.5. The summed E-state index contributed by atoms with van der Waals surface area (Å²) in [7, 11) is 0. The number of Topliss-reactive ketones (excluding diaryl/α,β-unsaturated/α-hetero) is 2. The van der Waals surface area contributed by atoms with E-state index < -0.39 is 49.8 Å². The van der Waals surface area contributed by atoms with Crippen LogP contribution in [0, 0.1) is 70.9 Å². The monoisotopic (exact) mass is 1720 g/mol. The van der Waals surface area contributed by atoms with Gasteiger partial charge < -0.3 is 0 Å². The molecule has 0 saturated heterocycles. The predicted molar refractivity (Wildman–Crippen MR) is 487 cm³/mol. The summed E-state index contributed by atoms with van der Waals surface area (Å²) in [5.41, 5.74) is 8.13. The van der Waals surface area contributed by atoms with E-state index in [9.17, 15) is 10.5 Å². The number of unbranched alkanes of at least 4 members (excludes halogenated alkanes) is 32. The Morgan fingerprint density at radius 3 is 1.01 bits per heavy atom. The fourth-order valence-electron chi connectivity index (χ4n) is 18.6. The van der Waals surface area contributed by atoms with Crippen molar-refractivity contribution in [3.05, 3.63) is 136 Å². The zero-order valence-corrected chi connectivity index (χ0v) is 75.1. The van der Waals surface area contributed by atoms with Crippen molar-refractivity contribution in [3.63, 3.8) is 0 Å². The van der Waals surface area contributed by atoms with Gasteiger partial charge in [0.25, 0.3) is 0 Å². The van der Waals surface area contributed by atoms with Gasteiger partial charge in [0.1, 0.15) is 0 Å². The molecule has 0 bridgehead atoms. The summed E-state index contributed by atoms with van der Waals surface area (Å²) in [6.07, 6.45) is 53.3. The first-order valence-corrected chi connectivity index (χ1v) is 49.6. The quantitative estimate of drug-likeness (QED) is 0.00933. The molecular formula is C98H118F4N8O2S4Se. The first-order valence-electron chi connectivity index (χ1n) is 44.8. The van der Waals surface area contributed by atoms with Gasteiger partial charge in [-0.2, -0.15) is 0 Å². The van der Waals surface area contributed by atoms with Crippen LogP contribution in [0.4, 0.5) is 17.6 Å². The van der Waals surface area contributed by atoms with E-state index in [1.807, 2.05) is 47.0 Å². The van der Waals surface area contributed by atoms with Gasteiger partial charge in [-0.05, 0) is 24.3 Å². The van der Waals surface area contributed by atoms with Gasteiger partial charge in [0.15, 0.2) is 23.3 Å². The van der Waals surface area contributed by atoms with Crippen LogP contribution in [0.3, 0.4) is 0 Å². The molecule has 0 saturated carbocycles. The van der Waals surface area contributed by atoms with E-state index in [1.165, 1.54) is 141 Å². The van der Waals surface area contributed by atoms with E-state index in [-0.39, 0.29) is 55.9 Å². The Balaban J connectivity index is 1.17. The van der Waals surface area contributed by atoms with Crippen molar-refractivity contribution in [2.24, 2.45) is 11.8 Å². The van der Waals surface area contributed by atoms with Crippen molar-refractivity contribution < 1.29 is 27.2 Å². The van der Waals surface area contributed by atoms with Crippen molar-refractivity contribution in [1.29, 1.82) is 10.5 Å². The molecule has 117 heavy (non-hydrogen) atoms. The minimum atomic E-state index is -1.17. The molecule has 19 heteroatoms. The van der Waals surface area contributed by atoms with E-state index in [4.69, 9.17) is 21.1 Å². The maximum absolute atomic E-state index is 15.5. The van der Waals surface area contributed by atoms with Crippen molar-refractivity contribution in [3.8, 4) is 12.1 Å². The van der Waals surface area contributed by atoms with Gasteiger partial charge in [0, 0.05) is 0 Å². The number of thiophene rings is 4. The molecule has 0 radical (unpaired) electrons. The number of hydrogen-bond acceptors (Lipinski definition) is 10. The molecule has 620 valence electrons. The number of aromatic nitrogens is 4. The van der Waals surface area contributed by atoms with Gasteiger partial charge in [-0.3, -0.25) is 0 Å². The van der Waals surface area contributed by atoms with Crippen LogP contribution in [-0.4, -0.2) is 43.6 Å². The van der Waals surface area contributed by atoms with Gasteiger partial charge >= 0.3 is 477 Å². The molecule has 10 nitrogen and oxygen atoms in total. The number of carbonyl (C=O) groups excluding carboxylic acids is 2. The van der Waals surface area contributed by atoms with Gasteiger partial charge in [0.05, 0.1) is 25.3 Å². The molecule has 0 aliphatic heterocycles. The zero-order valence-electron chi connectivity index (χ0n) is 70.1. The Kier molecular flexibility index (Phi) is 33.3. The Labute approximate surface area is 713 Å². The second-order valence-electron chi connectivity index (χ2n) is 33.4. The summed E-state index contributed by atoms with van der Waals surface area (Å²) in [4.78, 5) is 39.0. The first kappa shape index (κ1) is 89.0. The van der Waals surface area contributed by atoms with Gasteiger partial charge in [-0.25, -0.2) is 37.8 Å². The van der Waals surface area contributed by atoms with Crippen LogP contribution in [0.15, 0.2) is 46.8 Å². The molecule has 10 aromatic rings. The van der Waals surface area contributed by atoms with Crippen LogP contribution in [0.2, 0.25) is 0 Å². The molecule has 7 aromatic heterocycles. The van der Waals surface area contributed by atoms with Crippen LogP contribution in [0.5, 0.6) is 0 Å². The van der Waals surface area contributed by atoms with Crippen molar-refractivity contribution in [2.45, 2.75) is 337 Å². The van der Waals surface area contributed by atoms with E-state index in [1.54, 1.807) is 22.7 Å². The SMILES string of the molecule is [C-]#[N+]/C(C#N)=C1\C(=C\c2sc3c(sc4c5c6n[se]nc6c6c7sc8c(CCCCCCCCCCC)c(/C=C9\C(=O)c%10cc(F)c(F)cc%10\C9=C(\C#N)[N+]#[C-])sc8c7n(CC(CCCCCC)CCCCCCCC)c6c5n(CC(CCCCCC)CCCCCCCC)c34)c2CCCCCCCCCCC)C(=O)c2cc(F)c(F)cc21. The summed E-state index contributed by atoms with van der Waals surface area (Å²) in [5.74, 6) is -5.13. The normalized spacial score (nSPS) is 15.1. The van der Waals surface area contributed by atoms with Crippen molar-refractivity contribution in [2.75, 3.05) is 0 Å². The fraction of sp³-hybridized carbons (Fsp3) is 0.551. The number of aryl methyl sites for hydroxylation is 2. The molecular weight excluding hydrogens is 1600 g/mol. The number of ketones is 2. The third kappa shape index (κ3) is 20.0. The van der Waals surface area contributed by atoms with Gasteiger partial charge in [0.2, 0.25) is 0 Å². The third-order valence-electron chi connectivity index (χ3n) is 24.9. The number of nitrogens with zero attached hydrogens (tertiary/aromatic N) is 8. The van der Waals surface area contributed by atoms with E-state index >= 15 is 27.2 Å². The Hall–Kier alpha value is -7.32. The van der Waals surface area contributed by atoms with E-state index in [0.29, 0.717) is 24.7 Å². The number of fused-ring (bicyclic) bond motifs is 16. The molecule has 2 aliphatic rings. The molecule has 2 unspecified atom stereocenters. The minimum Gasteiger partial charge on any atom is -0.204 e. The van der Waals surface area contributed by atoms with Gasteiger partial charge in [-0.15, -0.1) is 0 Å². The standard InChI is InChI=1S/C98H118F4N8O2S4Se/c1-9-15-21-27-31-33-35-39-45-51-65-79(57-71-81(77(59-103)105-7)67-53-73(99)75(101)55-69(67)91(71)111)113-97-89-95(115-93(65)97)83-85-86(108-117-107-85)84-88(87(83)109(89)61-63(47-41-25-19-13-5)49-43-37-29-23-17-11-3)110(62-64(48-42-26-20-14-6)50-44-38-30-24-18-12-4)90-96(84)116-94-66(52-46-40-36-34-32-28-22-16-10-2)80(114-98(90)94)58-72-82(78(60-104)106-8)68-54-74(100)76(102)56-70(68)92(72)112/h53-58,63-64H,9-52,61-62H2,1-6H3/b71-57-,72-58-,81-77-,82-78+. The molecule has 2 aliphatic carbocycles. The number of hydrogen-bond donors (Lipinski definition) is 0. The summed E-state index contributed by atoms with van der Waals surface area (Å²) < 4.78 is 85.2. The number of nitriles is 2. The van der Waals surface area contributed by atoms with E-state index in [2.05, 4.69) is 60.4 Å². The van der Waals surface area contributed by atoms with Crippen LogP contribution in [0.25, 0.3) is 105 Å². The van der Waals surface area contributed by atoms with Crippen molar-refractivity contribution >= 4 is 167 Å². The second kappa shape index (κ2) is 43.8. The molecule has 12 rings (SSSR count). The predicted octanol–water partition coefficient (Wildman–Crippen LogP) is 31.7. The van der Waals surface area contributed by atoms with Crippen LogP contribution >= 0.6 is 45.3 Å². The number of rotatable bonds is 50. The number of allylic oxidation sites excluding steroid dienone is 6. The molecule has 7 heterocycles. The van der Waals surface area contributed by atoms with Crippen LogP contribution in [-0.2, 0) is 25.9 Å². The summed E-state index contributed by atoms with van der Waals surface area (Å²) >= 11 is 6.45. The Morgan fingerprint density at radius 2 is 0.701 bits per heavy atom. The first-order chi connectivity index (χ1) is 57.2. The average molecular weight is 1720 g/mol. The van der Waals surface area contributed by atoms with Crippen molar-refractivity contribution in [1.82, 2.24) is 17.1 Å². The topological polar surface area (TPSA) is 126 Å². The fourth-order valence-corrected chi connectivity index (χ4v) is 25.7. The number of carbonyl (C=O) groups is 2. The molecule has 0 fully saturated rings. The number of halogens is 4. The summed E-state index contributed by atoms with van der Waals surface area (Å²) in [5, 5.41) is 23.5. The molecule has 2 atom stereocenters. The summed E-state index contributed by atoms with van der Waals surface area (Å²) in [6, 6.07) is 7.81. The average Bonchev–Trinajstić information content (AvgIpc) is 1.50. The van der Waals surface area contributed by atoms with E-state index in [0.717, 1.165) is 259 Å². The van der Waals surface area contributed by atoms with Crippen LogP contribution < -0.4 is 0 Å². The third-order valence-corrected chi connectivity index (χ3v) is 31.1. The van der Waals surface area contributed by atoms with Gasteiger partial charge in [-0.1, -0.05) is 131 Å². The second-order valence-corrected chi connectivity index (χ2v) is 38.6. The summed E-state index contributed by atoms with van der Waals surface area (Å²) in [6.45, 7) is 31.6. The number of benzene rings is 3. The minimum absolute atomic E-state index is 0.0307. The Bertz CT molecular complexity index is 5140. The molecule has 0 N–H and O–H groups in total. The molecule has 0 amide bonds.